The Kier molecular flexibility index (Phi) is 4.79. The van der Waals surface area contributed by atoms with Gasteiger partial charge in [-0.25, -0.2) is 15.0 Å². The second-order valence-corrected chi connectivity index (χ2v) is 11.1. The summed E-state index contributed by atoms with van der Waals surface area (Å²) in [7, 11) is 0. The number of halogens is 1. The van der Waals surface area contributed by atoms with Crippen molar-refractivity contribution < 1.29 is 9.18 Å². The first kappa shape index (κ1) is 22.8. The number of hydrogen-bond donors (Lipinski definition) is 2. The van der Waals surface area contributed by atoms with E-state index in [0.717, 1.165) is 66.6 Å². The Bertz CT molecular complexity index is 1640. The number of nitrogens with zero attached hydrogens (tertiary/aromatic N) is 7. The van der Waals surface area contributed by atoms with Gasteiger partial charge in [0.05, 0.1) is 17.6 Å². The molecule has 4 aliphatic rings. The van der Waals surface area contributed by atoms with E-state index < -0.39 is 5.95 Å². The average Bonchev–Trinajstić information content (AvgIpc) is 3.49. The molecule has 0 unspecified atom stereocenters. The molecule has 4 aromatic rings. The lowest BCUT2D eigenvalue weighted by atomic mass is 9.73. The van der Waals surface area contributed by atoms with E-state index in [0.29, 0.717) is 37.1 Å². The van der Waals surface area contributed by atoms with E-state index in [9.17, 15) is 9.18 Å². The summed E-state index contributed by atoms with van der Waals surface area (Å²) in [6, 6.07) is 9.26. The van der Waals surface area contributed by atoms with E-state index >= 15 is 0 Å². The lowest BCUT2D eigenvalue weighted by molar-refractivity contribution is -0.118. The number of aryl methyl sites for hydroxylation is 1. The highest BCUT2D eigenvalue weighted by Gasteiger charge is 2.47. The highest BCUT2D eigenvalue weighted by molar-refractivity contribution is 6.03. The van der Waals surface area contributed by atoms with Crippen LogP contribution in [-0.4, -0.2) is 57.2 Å². The van der Waals surface area contributed by atoms with E-state index in [2.05, 4.69) is 31.0 Å². The summed E-state index contributed by atoms with van der Waals surface area (Å²) >= 11 is 0. The molecule has 1 fully saturated rings. The molecule has 1 amide bonds. The third kappa shape index (κ3) is 3.32. The van der Waals surface area contributed by atoms with Crippen molar-refractivity contribution in [3.8, 4) is 0 Å². The molecular weight excluding hydrogens is 497 g/mol. The summed E-state index contributed by atoms with van der Waals surface area (Å²) in [6.07, 6.45) is 5.61. The number of anilines is 4. The fourth-order valence-electron chi connectivity index (χ4n) is 7.06. The lowest BCUT2D eigenvalue weighted by Crippen LogP contribution is -2.45. The number of para-hydroxylation sites is 1. The number of piperidine rings is 1. The fourth-order valence-corrected chi connectivity index (χ4v) is 7.06. The number of rotatable bonds is 2. The maximum absolute atomic E-state index is 13.7. The van der Waals surface area contributed by atoms with Gasteiger partial charge in [-0.05, 0) is 54.4 Å². The third-order valence-corrected chi connectivity index (χ3v) is 9.18. The number of amides is 1. The van der Waals surface area contributed by atoms with Gasteiger partial charge in [-0.2, -0.15) is 9.49 Å². The van der Waals surface area contributed by atoms with Crippen molar-refractivity contribution in [3.63, 3.8) is 0 Å². The SMILES string of the molecule is N[C@@H]1c2ccc(F)nc2CC12CCN(c1cnc3c(N4CCN5C(=O)CCc6cccc4c65)n[nH]c3n1)CC2. The van der Waals surface area contributed by atoms with Gasteiger partial charge in [0, 0.05) is 44.3 Å². The molecule has 3 aromatic heterocycles. The van der Waals surface area contributed by atoms with Crippen LogP contribution in [0.3, 0.4) is 0 Å². The van der Waals surface area contributed by atoms with Crippen LogP contribution in [0.2, 0.25) is 0 Å². The van der Waals surface area contributed by atoms with Gasteiger partial charge in [-0.15, -0.1) is 0 Å². The molecule has 8 rings (SSSR count). The smallest absolute Gasteiger partial charge is 0.227 e. The molecule has 0 bridgehead atoms. The number of nitrogens with one attached hydrogen (secondary N) is 1. The van der Waals surface area contributed by atoms with Crippen LogP contribution in [0.25, 0.3) is 11.2 Å². The van der Waals surface area contributed by atoms with Gasteiger partial charge in [0.25, 0.3) is 0 Å². The van der Waals surface area contributed by atoms with Crippen LogP contribution in [0.5, 0.6) is 0 Å². The summed E-state index contributed by atoms with van der Waals surface area (Å²) < 4.78 is 13.7. The normalized spacial score (nSPS) is 21.5. The molecule has 0 radical (unpaired) electrons. The van der Waals surface area contributed by atoms with Crippen molar-refractivity contribution in [3.05, 3.63) is 59.3 Å². The van der Waals surface area contributed by atoms with Crippen molar-refractivity contribution in [2.24, 2.45) is 11.1 Å². The number of fused-ring (bicyclic) bond motifs is 2. The van der Waals surface area contributed by atoms with Crippen LogP contribution < -0.4 is 20.4 Å². The predicted octanol–water partition coefficient (Wildman–Crippen LogP) is 3.16. The van der Waals surface area contributed by atoms with Gasteiger partial charge in [0.15, 0.2) is 17.0 Å². The summed E-state index contributed by atoms with van der Waals surface area (Å²) in [5.74, 6) is 1.26. The fraction of sp³-hybridized carbons (Fsp3) is 0.393. The van der Waals surface area contributed by atoms with Gasteiger partial charge >= 0.3 is 0 Å². The number of pyridine rings is 1. The summed E-state index contributed by atoms with van der Waals surface area (Å²) in [5, 5.41) is 7.71. The molecule has 3 N–H and O–H groups in total. The Hall–Kier alpha value is -4.12. The molecule has 6 heterocycles. The maximum atomic E-state index is 13.7. The van der Waals surface area contributed by atoms with E-state index in [1.807, 2.05) is 23.2 Å². The predicted molar refractivity (Wildman–Crippen MR) is 145 cm³/mol. The van der Waals surface area contributed by atoms with Crippen LogP contribution in [0.15, 0.2) is 36.5 Å². The number of hydrogen-bond acceptors (Lipinski definition) is 8. The first-order valence-electron chi connectivity index (χ1n) is 13.6. The van der Waals surface area contributed by atoms with Crippen LogP contribution in [0.1, 0.15) is 42.1 Å². The monoisotopic (exact) mass is 525 g/mol. The number of carbonyl (C=O) groups is 1. The van der Waals surface area contributed by atoms with Crippen molar-refractivity contribution in [2.75, 3.05) is 40.9 Å². The minimum atomic E-state index is -0.444. The highest BCUT2D eigenvalue weighted by Crippen LogP contribution is 2.50. The zero-order chi connectivity index (χ0) is 26.3. The Morgan fingerprint density at radius 1 is 1.03 bits per heavy atom. The number of H-pyrrole nitrogens is 1. The first-order chi connectivity index (χ1) is 19.0. The number of aromatic nitrogens is 5. The minimum absolute atomic E-state index is 0.101. The van der Waals surface area contributed by atoms with E-state index in [1.54, 1.807) is 6.07 Å². The van der Waals surface area contributed by atoms with Crippen LogP contribution in [-0.2, 0) is 17.6 Å². The molecule has 1 atom stereocenters. The van der Waals surface area contributed by atoms with Crippen molar-refractivity contribution in [1.29, 1.82) is 0 Å². The van der Waals surface area contributed by atoms with Crippen LogP contribution >= 0.6 is 0 Å². The number of aromatic amines is 1. The minimum Gasteiger partial charge on any atom is -0.355 e. The lowest BCUT2D eigenvalue weighted by Gasteiger charge is -2.42. The Morgan fingerprint density at radius 2 is 1.87 bits per heavy atom. The molecule has 1 spiro atoms. The van der Waals surface area contributed by atoms with E-state index in [-0.39, 0.29) is 17.4 Å². The molecule has 0 saturated carbocycles. The van der Waals surface area contributed by atoms with Crippen molar-refractivity contribution >= 4 is 40.1 Å². The molecule has 198 valence electrons. The zero-order valence-corrected chi connectivity index (χ0v) is 21.4. The quantitative estimate of drug-likeness (QED) is 0.383. The van der Waals surface area contributed by atoms with Gasteiger partial charge in [-0.3, -0.25) is 9.89 Å². The summed E-state index contributed by atoms with van der Waals surface area (Å²) in [5.41, 5.74) is 12.8. The van der Waals surface area contributed by atoms with Gasteiger partial charge < -0.3 is 20.4 Å². The topological polar surface area (TPSA) is 120 Å². The molecule has 10 nitrogen and oxygen atoms in total. The average molecular weight is 526 g/mol. The summed E-state index contributed by atoms with van der Waals surface area (Å²) in [6.45, 7) is 2.84. The Labute approximate surface area is 224 Å². The third-order valence-electron chi connectivity index (χ3n) is 9.18. The van der Waals surface area contributed by atoms with Crippen LogP contribution in [0.4, 0.5) is 27.4 Å². The Morgan fingerprint density at radius 3 is 2.74 bits per heavy atom. The molecule has 39 heavy (non-hydrogen) atoms. The second-order valence-electron chi connectivity index (χ2n) is 11.1. The van der Waals surface area contributed by atoms with Crippen molar-refractivity contribution in [2.45, 2.75) is 38.1 Å². The molecule has 1 saturated heterocycles. The molecule has 11 heteroatoms. The molecule has 3 aliphatic heterocycles. The molecular formula is C28H28FN9O. The highest BCUT2D eigenvalue weighted by atomic mass is 19.1. The second kappa shape index (κ2) is 8.19. The Balaban J connectivity index is 1.05. The van der Waals surface area contributed by atoms with Crippen molar-refractivity contribution in [1.82, 2.24) is 25.1 Å². The van der Waals surface area contributed by atoms with Gasteiger partial charge in [0.2, 0.25) is 11.9 Å². The zero-order valence-electron chi connectivity index (χ0n) is 21.4. The largest absolute Gasteiger partial charge is 0.355 e. The first-order valence-corrected chi connectivity index (χ1v) is 13.6. The number of nitrogens with two attached hydrogens (primary N) is 1. The van der Waals surface area contributed by atoms with Gasteiger partial charge in [0.1, 0.15) is 5.82 Å². The molecule has 1 aromatic carbocycles. The molecule has 1 aliphatic carbocycles. The van der Waals surface area contributed by atoms with E-state index in [4.69, 9.17) is 15.7 Å². The number of benzene rings is 1. The van der Waals surface area contributed by atoms with Crippen LogP contribution in [0, 0.1) is 11.4 Å². The summed E-state index contributed by atoms with van der Waals surface area (Å²) in [4.78, 5) is 32.7. The maximum Gasteiger partial charge on any atom is 0.227 e. The van der Waals surface area contributed by atoms with E-state index in [1.165, 1.54) is 11.6 Å². The van der Waals surface area contributed by atoms with Gasteiger partial charge in [-0.1, -0.05) is 18.2 Å². The number of carbonyl (C=O) groups excluding carboxylic acids is 1. The standard InChI is InChI=1S/C28H28FN9O/c29-20-6-5-17-18(32-20)14-28(25(17)30)8-10-36(11-9-28)21-15-31-23-26(33-21)34-35-27(23)37-12-13-38-22(39)7-4-16-2-1-3-19(37)24(16)38/h1-3,5-6,15,25H,4,7-14,30H2,(H,33,34,35)/t25-/m1/s1.